The van der Waals surface area contributed by atoms with E-state index < -0.39 is 0 Å². The van der Waals surface area contributed by atoms with Gasteiger partial charge in [0.25, 0.3) is 5.56 Å². The molecule has 0 aliphatic heterocycles. The van der Waals surface area contributed by atoms with Crippen LogP contribution >= 0.6 is 11.8 Å². The number of nitrogens with two attached hydrogens (primary N) is 1. The minimum absolute atomic E-state index is 0.0334. The van der Waals surface area contributed by atoms with E-state index in [9.17, 15) is 4.79 Å². The van der Waals surface area contributed by atoms with Crippen molar-refractivity contribution in [1.29, 1.82) is 0 Å². The summed E-state index contributed by atoms with van der Waals surface area (Å²) < 4.78 is 1.74. The Balaban J connectivity index is 2.76. The van der Waals surface area contributed by atoms with Crippen LogP contribution in [0.1, 0.15) is 19.5 Å². The summed E-state index contributed by atoms with van der Waals surface area (Å²) in [6.07, 6.45) is 0. The first-order valence-corrected chi connectivity index (χ1v) is 6.14. The van der Waals surface area contributed by atoms with Crippen LogP contribution in [0.15, 0.2) is 16.9 Å². The molecule has 4 heteroatoms. The predicted octanol–water partition coefficient (Wildman–Crippen LogP) is 1.88. The van der Waals surface area contributed by atoms with Gasteiger partial charge in [-0.2, -0.15) is 11.8 Å². The summed E-state index contributed by atoms with van der Waals surface area (Å²) in [7, 11) is 0. The molecule has 3 nitrogen and oxygen atoms in total. The van der Waals surface area contributed by atoms with Crippen molar-refractivity contribution in [2.24, 2.45) is 0 Å². The van der Waals surface area contributed by atoms with Crippen molar-refractivity contribution in [2.75, 3.05) is 11.5 Å². The summed E-state index contributed by atoms with van der Waals surface area (Å²) in [6.45, 7) is 6.93. The number of nitrogens with zero attached hydrogens (tertiary/aromatic N) is 1. The Bertz CT molecular complexity index is 385. The predicted molar refractivity (Wildman–Crippen MR) is 67.4 cm³/mol. The molecule has 0 spiro atoms. The highest BCUT2D eigenvalue weighted by atomic mass is 32.2. The fourth-order valence-electron chi connectivity index (χ4n) is 1.35. The van der Waals surface area contributed by atoms with E-state index in [1.54, 1.807) is 10.6 Å². The van der Waals surface area contributed by atoms with Crippen LogP contribution in [0.4, 0.5) is 5.69 Å². The van der Waals surface area contributed by atoms with Crippen LogP contribution in [0.25, 0.3) is 0 Å². The first-order valence-electron chi connectivity index (χ1n) is 5.10. The number of pyridine rings is 1. The molecule has 0 aliphatic rings. The molecule has 0 unspecified atom stereocenters. The Morgan fingerprint density at radius 3 is 2.73 bits per heavy atom. The highest BCUT2D eigenvalue weighted by Crippen LogP contribution is 2.11. The number of anilines is 1. The highest BCUT2D eigenvalue weighted by Gasteiger charge is 2.03. The van der Waals surface area contributed by atoms with E-state index in [2.05, 4.69) is 13.8 Å². The van der Waals surface area contributed by atoms with Gasteiger partial charge in [0.1, 0.15) is 0 Å². The molecule has 2 N–H and O–H groups in total. The summed E-state index contributed by atoms with van der Waals surface area (Å²) in [4.78, 5) is 11.6. The standard InChI is InChI=1S/C11H18N2OS/c1-8(2)15-7-6-13-9(3)10(12)4-5-11(13)14/h4-5,8H,6-7,12H2,1-3H3. The zero-order valence-electron chi connectivity index (χ0n) is 9.49. The number of rotatable bonds is 4. The van der Waals surface area contributed by atoms with Gasteiger partial charge in [0.05, 0.1) is 5.69 Å². The van der Waals surface area contributed by atoms with Crippen molar-refractivity contribution in [3.63, 3.8) is 0 Å². The van der Waals surface area contributed by atoms with Crippen LogP contribution < -0.4 is 11.3 Å². The molecular formula is C11H18N2OS. The summed E-state index contributed by atoms with van der Waals surface area (Å²) >= 11 is 1.85. The summed E-state index contributed by atoms with van der Waals surface area (Å²) in [5.41, 5.74) is 7.34. The van der Waals surface area contributed by atoms with Crippen LogP contribution in [0, 0.1) is 6.92 Å². The molecule has 1 aromatic rings. The fraction of sp³-hybridized carbons (Fsp3) is 0.545. The Morgan fingerprint density at radius 1 is 1.47 bits per heavy atom. The van der Waals surface area contributed by atoms with Gasteiger partial charge >= 0.3 is 0 Å². The molecule has 84 valence electrons. The third kappa shape index (κ3) is 3.30. The minimum atomic E-state index is 0.0334. The van der Waals surface area contributed by atoms with Crippen LogP contribution in [0.5, 0.6) is 0 Å². The lowest BCUT2D eigenvalue weighted by atomic mass is 10.3. The van der Waals surface area contributed by atoms with Crippen molar-refractivity contribution in [2.45, 2.75) is 32.6 Å². The smallest absolute Gasteiger partial charge is 0.250 e. The maximum absolute atomic E-state index is 11.6. The van der Waals surface area contributed by atoms with E-state index in [0.29, 0.717) is 10.9 Å². The van der Waals surface area contributed by atoms with Crippen LogP contribution in [0.3, 0.4) is 0 Å². The number of hydrogen-bond donors (Lipinski definition) is 1. The quantitative estimate of drug-likeness (QED) is 0.852. The van der Waals surface area contributed by atoms with Crippen LogP contribution in [0.2, 0.25) is 0 Å². The lowest BCUT2D eigenvalue weighted by Gasteiger charge is -2.12. The van der Waals surface area contributed by atoms with E-state index in [1.165, 1.54) is 6.07 Å². The van der Waals surface area contributed by atoms with Crippen molar-refractivity contribution in [3.8, 4) is 0 Å². The third-order valence-electron chi connectivity index (χ3n) is 2.26. The van der Waals surface area contributed by atoms with Crippen molar-refractivity contribution >= 4 is 17.4 Å². The molecule has 0 saturated heterocycles. The van der Waals surface area contributed by atoms with Crippen LogP contribution in [-0.4, -0.2) is 15.6 Å². The number of thioether (sulfide) groups is 1. The van der Waals surface area contributed by atoms with Gasteiger partial charge in [-0.05, 0) is 18.2 Å². The maximum Gasteiger partial charge on any atom is 0.250 e. The Morgan fingerprint density at radius 2 is 2.13 bits per heavy atom. The first-order chi connectivity index (χ1) is 7.02. The topological polar surface area (TPSA) is 48.0 Å². The lowest BCUT2D eigenvalue weighted by Crippen LogP contribution is -2.23. The van der Waals surface area contributed by atoms with E-state index in [0.717, 1.165) is 18.0 Å². The number of nitrogen functional groups attached to an aromatic ring is 1. The molecule has 0 saturated carbocycles. The number of hydrogen-bond acceptors (Lipinski definition) is 3. The molecule has 0 radical (unpaired) electrons. The highest BCUT2D eigenvalue weighted by molar-refractivity contribution is 7.99. The van der Waals surface area contributed by atoms with Gasteiger partial charge in [-0.25, -0.2) is 0 Å². The molecular weight excluding hydrogens is 208 g/mol. The summed E-state index contributed by atoms with van der Waals surface area (Å²) in [5, 5.41) is 0.599. The molecule has 1 rings (SSSR count). The maximum atomic E-state index is 11.6. The van der Waals surface area contributed by atoms with E-state index in [1.807, 2.05) is 18.7 Å². The van der Waals surface area contributed by atoms with Crippen molar-refractivity contribution in [3.05, 3.63) is 28.2 Å². The van der Waals surface area contributed by atoms with E-state index in [-0.39, 0.29) is 5.56 Å². The average molecular weight is 226 g/mol. The van der Waals surface area contributed by atoms with Gasteiger partial charge in [-0.1, -0.05) is 13.8 Å². The lowest BCUT2D eigenvalue weighted by molar-refractivity contribution is 0.709. The summed E-state index contributed by atoms with van der Waals surface area (Å²) in [6, 6.07) is 3.20. The molecule has 0 aromatic carbocycles. The SMILES string of the molecule is Cc1c(N)ccc(=O)n1CCSC(C)C. The van der Waals surface area contributed by atoms with Gasteiger partial charge in [0.2, 0.25) is 0 Å². The van der Waals surface area contributed by atoms with Gasteiger partial charge in [0, 0.05) is 24.1 Å². The molecule has 0 aliphatic carbocycles. The zero-order valence-corrected chi connectivity index (χ0v) is 10.3. The second kappa shape index (κ2) is 5.26. The largest absolute Gasteiger partial charge is 0.397 e. The molecule has 0 atom stereocenters. The van der Waals surface area contributed by atoms with E-state index in [4.69, 9.17) is 5.73 Å². The molecule has 1 aromatic heterocycles. The van der Waals surface area contributed by atoms with Gasteiger partial charge < -0.3 is 10.3 Å². The molecule has 0 amide bonds. The second-order valence-electron chi connectivity index (χ2n) is 3.78. The Kier molecular flexibility index (Phi) is 4.27. The summed E-state index contributed by atoms with van der Waals surface area (Å²) in [5.74, 6) is 0.946. The minimum Gasteiger partial charge on any atom is -0.397 e. The van der Waals surface area contributed by atoms with Crippen molar-refractivity contribution < 1.29 is 0 Å². The first kappa shape index (κ1) is 12.2. The molecule has 1 heterocycles. The molecule has 0 bridgehead atoms. The molecule has 15 heavy (non-hydrogen) atoms. The monoisotopic (exact) mass is 226 g/mol. The Labute approximate surface area is 94.7 Å². The fourth-order valence-corrected chi connectivity index (χ4v) is 2.11. The van der Waals surface area contributed by atoms with Gasteiger partial charge in [-0.3, -0.25) is 4.79 Å². The third-order valence-corrected chi connectivity index (χ3v) is 3.35. The number of aromatic nitrogens is 1. The molecule has 0 fully saturated rings. The normalized spacial score (nSPS) is 10.9. The average Bonchev–Trinajstić information content (AvgIpc) is 2.17. The van der Waals surface area contributed by atoms with E-state index >= 15 is 0 Å². The second-order valence-corrected chi connectivity index (χ2v) is 5.47. The zero-order chi connectivity index (χ0) is 11.4. The Hall–Kier alpha value is -0.900. The van der Waals surface area contributed by atoms with Gasteiger partial charge in [0.15, 0.2) is 0 Å². The van der Waals surface area contributed by atoms with Crippen molar-refractivity contribution in [1.82, 2.24) is 4.57 Å². The van der Waals surface area contributed by atoms with Crippen LogP contribution in [-0.2, 0) is 6.54 Å². The van der Waals surface area contributed by atoms with Gasteiger partial charge in [-0.15, -0.1) is 0 Å².